The Kier molecular flexibility index (Phi) is 30.5. The minimum absolute atomic E-state index is 0.0673. The lowest BCUT2D eigenvalue weighted by atomic mass is 10.5. The summed E-state index contributed by atoms with van der Waals surface area (Å²) in [6, 6.07) is 0. The summed E-state index contributed by atoms with van der Waals surface area (Å²) in [4.78, 5) is 44.9. The maximum atomic E-state index is 11.7. The summed E-state index contributed by atoms with van der Waals surface area (Å²) < 4.78 is 15.2. The van der Waals surface area contributed by atoms with Crippen LogP contribution in [0.1, 0.15) is 25.7 Å². The van der Waals surface area contributed by atoms with Crippen LogP contribution in [0.3, 0.4) is 0 Å². The minimum Gasteiger partial charge on any atom is -0.465 e. The summed E-state index contributed by atoms with van der Waals surface area (Å²) >= 11 is 7.52. The highest BCUT2D eigenvalue weighted by Gasteiger charge is 2.06. The van der Waals surface area contributed by atoms with Gasteiger partial charge in [-0.25, -0.2) is 9.78 Å². The highest BCUT2D eigenvalue weighted by Crippen LogP contribution is 2.09. The Morgan fingerprint density at radius 1 is 0.486 bits per heavy atom. The molecule has 0 aliphatic heterocycles. The first-order chi connectivity index (χ1) is 18.1. The predicted octanol–water partition coefficient (Wildman–Crippen LogP) is 2.69. The molecule has 0 fully saturated rings. The lowest BCUT2D eigenvalue weighted by molar-refractivity contribution is -0.289. The highest BCUT2D eigenvalue weighted by atomic mass is 32.2. The summed E-state index contributed by atoms with van der Waals surface area (Å²) in [7, 11) is 0. The monoisotopic (exact) mass is 624 g/mol. The van der Waals surface area contributed by atoms with Crippen LogP contribution in [0.25, 0.3) is 0 Å². The fourth-order valence-corrected chi connectivity index (χ4v) is 5.27. The Bertz CT molecular complexity index is 560. The molecule has 0 aromatic heterocycles. The third-order valence-corrected chi connectivity index (χ3v) is 8.31. The molecule has 0 amide bonds. The summed E-state index contributed by atoms with van der Waals surface area (Å²) in [5.74, 6) is 5.10. The highest BCUT2D eigenvalue weighted by molar-refractivity contribution is 8.00. The number of rotatable bonds is 28. The van der Waals surface area contributed by atoms with Crippen molar-refractivity contribution in [1.29, 1.82) is 0 Å². The number of ether oxygens (including phenoxy) is 3. The average Bonchev–Trinajstić information content (AvgIpc) is 2.89. The molecule has 0 rings (SSSR count). The van der Waals surface area contributed by atoms with Gasteiger partial charge in [-0.15, -0.1) is 23.5 Å². The van der Waals surface area contributed by atoms with Crippen molar-refractivity contribution in [2.24, 2.45) is 0 Å². The topological polar surface area (TPSA) is 138 Å². The van der Waals surface area contributed by atoms with Crippen LogP contribution in [0, 0.1) is 0 Å². The normalized spacial score (nSPS) is 10.9. The third kappa shape index (κ3) is 30.4. The van der Waals surface area contributed by atoms with E-state index in [9.17, 15) is 14.4 Å². The molecule has 2 N–H and O–H groups in total. The van der Waals surface area contributed by atoms with Crippen LogP contribution in [0.5, 0.6) is 0 Å². The molecule has 0 saturated heterocycles. The Morgan fingerprint density at radius 3 is 1.49 bits per heavy atom. The molecule has 218 valence electrons. The molecular formula is C22H40O10S5. The van der Waals surface area contributed by atoms with Gasteiger partial charge >= 0.3 is 17.9 Å². The van der Waals surface area contributed by atoms with Crippen molar-refractivity contribution in [2.75, 3.05) is 90.9 Å². The van der Waals surface area contributed by atoms with E-state index in [1.807, 2.05) is 0 Å². The van der Waals surface area contributed by atoms with Gasteiger partial charge in [0.1, 0.15) is 18.5 Å². The van der Waals surface area contributed by atoms with Gasteiger partial charge in [0.25, 0.3) is 0 Å². The summed E-state index contributed by atoms with van der Waals surface area (Å²) in [6.45, 7) is 1.39. The lowest BCUT2D eigenvalue weighted by Gasteiger charge is -2.06. The van der Waals surface area contributed by atoms with Crippen LogP contribution in [0.4, 0.5) is 0 Å². The average molecular weight is 625 g/mol. The van der Waals surface area contributed by atoms with Gasteiger partial charge in [0, 0.05) is 40.3 Å². The number of aliphatic hydroxyl groups is 2. The van der Waals surface area contributed by atoms with Crippen molar-refractivity contribution in [2.45, 2.75) is 25.7 Å². The van der Waals surface area contributed by atoms with Gasteiger partial charge in [-0.05, 0) is 12.2 Å². The van der Waals surface area contributed by atoms with E-state index in [1.54, 1.807) is 23.5 Å². The van der Waals surface area contributed by atoms with Crippen molar-refractivity contribution >= 4 is 76.7 Å². The molecule has 0 aliphatic carbocycles. The number of esters is 3. The fourth-order valence-electron chi connectivity index (χ4n) is 2.10. The molecule has 0 heterocycles. The second-order valence-corrected chi connectivity index (χ2v) is 12.6. The van der Waals surface area contributed by atoms with Crippen LogP contribution < -0.4 is 0 Å². The van der Waals surface area contributed by atoms with E-state index in [4.69, 9.17) is 34.2 Å². The largest absolute Gasteiger partial charge is 0.465 e. The molecule has 37 heavy (non-hydrogen) atoms. The van der Waals surface area contributed by atoms with Gasteiger partial charge in [-0.3, -0.25) is 14.4 Å². The first-order valence-corrected chi connectivity index (χ1v) is 17.7. The number of carbonyl (C=O) groups excluding carboxylic acids is 3. The van der Waals surface area contributed by atoms with Gasteiger partial charge in [0.05, 0.1) is 45.7 Å². The summed E-state index contributed by atoms with van der Waals surface area (Å²) in [6.07, 6.45) is 1.83. The minimum atomic E-state index is -0.266. The summed E-state index contributed by atoms with van der Waals surface area (Å²) in [5.41, 5.74) is 0. The summed E-state index contributed by atoms with van der Waals surface area (Å²) in [5, 5.41) is 17.3. The standard InChI is InChI=1S/C22H40O10S5/c23-5-14-36-18-29-21(26)3-11-33-10-1-7-31-32-9-17-35-12-2-20(25)28-8-16-34-13-4-22(27)30-19-37-15-6-24/h23-24H,1-19H2. The van der Waals surface area contributed by atoms with Gasteiger partial charge in [0.2, 0.25) is 0 Å². The molecule has 0 aromatic rings. The quantitative estimate of drug-likeness (QED) is 0.0329. The van der Waals surface area contributed by atoms with Crippen LogP contribution in [0.15, 0.2) is 0 Å². The smallest absolute Gasteiger partial charge is 0.307 e. The molecule has 0 bridgehead atoms. The maximum Gasteiger partial charge on any atom is 0.307 e. The molecule has 0 spiro atoms. The van der Waals surface area contributed by atoms with E-state index < -0.39 is 0 Å². The van der Waals surface area contributed by atoms with Crippen LogP contribution >= 0.6 is 58.8 Å². The SMILES string of the molecule is O=C(CCSCCOOCCCSCCC(=O)OCSCCO)OCCSCCC(=O)OCSCCO. The zero-order valence-corrected chi connectivity index (χ0v) is 25.2. The molecule has 0 atom stereocenters. The van der Waals surface area contributed by atoms with Gasteiger partial charge in [0.15, 0.2) is 0 Å². The first kappa shape index (κ1) is 37.0. The van der Waals surface area contributed by atoms with Crippen molar-refractivity contribution < 1.29 is 48.6 Å². The molecule has 0 saturated carbocycles. The lowest BCUT2D eigenvalue weighted by Crippen LogP contribution is -2.10. The first-order valence-electron chi connectivity index (χ1n) is 11.9. The van der Waals surface area contributed by atoms with Crippen molar-refractivity contribution in [3.05, 3.63) is 0 Å². The number of hydrogen-bond acceptors (Lipinski definition) is 15. The van der Waals surface area contributed by atoms with E-state index in [-0.39, 0.29) is 43.0 Å². The van der Waals surface area contributed by atoms with Crippen LogP contribution in [0.2, 0.25) is 0 Å². The Hall–Kier alpha value is -0.000000000000000187. The number of aliphatic hydroxyl groups excluding tert-OH is 2. The van der Waals surface area contributed by atoms with Crippen molar-refractivity contribution in [1.82, 2.24) is 0 Å². The molecule has 0 aliphatic rings. The number of hydrogen-bond donors (Lipinski definition) is 2. The van der Waals surface area contributed by atoms with Gasteiger partial charge in [-0.1, -0.05) is 0 Å². The molecule has 10 nitrogen and oxygen atoms in total. The third-order valence-electron chi connectivity index (χ3n) is 3.83. The van der Waals surface area contributed by atoms with Crippen LogP contribution in [-0.2, 0) is 38.4 Å². The van der Waals surface area contributed by atoms with Crippen molar-refractivity contribution in [3.8, 4) is 0 Å². The number of thioether (sulfide) groups is 5. The Balaban J connectivity index is 3.27. The second kappa shape index (κ2) is 30.5. The zero-order valence-electron chi connectivity index (χ0n) is 21.1. The second-order valence-electron chi connectivity index (χ2n) is 6.84. The van der Waals surface area contributed by atoms with E-state index in [1.165, 1.54) is 35.3 Å². The molecule has 15 heteroatoms. The van der Waals surface area contributed by atoms with Crippen molar-refractivity contribution in [3.63, 3.8) is 0 Å². The number of carbonyl (C=O) groups is 3. The van der Waals surface area contributed by atoms with Crippen LogP contribution in [-0.4, -0.2) is 119 Å². The van der Waals surface area contributed by atoms with E-state index in [2.05, 4.69) is 0 Å². The predicted molar refractivity (Wildman–Crippen MR) is 154 cm³/mol. The van der Waals surface area contributed by atoms with Gasteiger partial charge in [-0.2, -0.15) is 35.3 Å². The Labute approximate surface area is 241 Å². The Morgan fingerprint density at radius 2 is 0.946 bits per heavy atom. The molecule has 0 unspecified atom stereocenters. The molecule has 0 radical (unpaired) electrons. The maximum absolute atomic E-state index is 11.7. The van der Waals surface area contributed by atoms with E-state index in [0.717, 1.165) is 12.2 Å². The fraction of sp³-hybridized carbons (Fsp3) is 0.864. The molecule has 0 aromatic carbocycles. The van der Waals surface area contributed by atoms with Gasteiger partial charge < -0.3 is 24.4 Å². The van der Waals surface area contributed by atoms with E-state index in [0.29, 0.717) is 79.4 Å². The zero-order chi connectivity index (χ0) is 27.2. The molecular weight excluding hydrogens is 585 g/mol. The van der Waals surface area contributed by atoms with E-state index >= 15 is 0 Å².